The van der Waals surface area contributed by atoms with Crippen molar-refractivity contribution in [1.82, 2.24) is 4.72 Å². The molecule has 0 spiro atoms. The van der Waals surface area contributed by atoms with Crippen molar-refractivity contribution in [2.75, 3.05) is 13.2 Å². The number of nitrogens with one attached hydrogen (secondary N) is 1. The third-order valence-corrected chi connectivity index (χ3v) is 4.69. The molecule has 112 valence electrons. The minimum atomic E-state index is -3.62. The van der Waals surface area contributed by atoms with Crippen molar-refractivity contribution in [3.05, 3.63) is 29.8 Å². The summed E-state index contributed by atoms with van der Waals surface area (Å²) >= 11 is 0. The molecule has 0 bridgehead atoms. The molecule has 1 aromatic rings. The van der Waals surface area contributed by atoms with Crippen LogP contribution in [0.25, 0.3) is 0 Å². The monoisotopic (exact) mass is 299 g/mol. The van der Waals surface area contributed by atoms with Crippen LogP contribution in [-0.4, -0.2) is 32.5 Å². The molecule has 0 heterocycles. The summed E-state index contributed by atoms with van der Waals surface area (Å²) in [7, 11) is -3.62. The largest absolute Gasteiger partial charge is 0.395 e. The van der Waals surface area contributed by atoms with Crippen LogP contribution in [0.4, 0.5) is 0 Å². The predicted molar refractivity (Wildman–Crippen MR) is 77.1 cm³/mol. The zero-order chi connectivity index (χ0) is 15.2. The molecular weight excluding hydrogens is 278 g/mol. The number of ketones is 1. The van der Waals surface area contributed by atoms with Gasteiger partial charge in [0.25, 0.3) is 0 Å². The summed E-state index contributed by atoms with van der Waals surface area (Å²) < 4.78 is 25.9. The van der Waals surface area contributed by atoms with E-state index in [0.29, 0.717) is 5.56 Å². The van der Waals surface area contributed by atoms with Crippen molar-refractivity contribution in [3.8, 4) is 0 Å². The zero-order valence-corrected chi connectivity index (χ0v) is 12.6. The molecule has 0 aliphatic rings. The van der Waals surface area contributed by atoms with Gasteiger partial charge < -0.3 is 5.11 Å². The number of rotatable bonds is 8. The average Bonchev–Trinajstić information content (AvgIpc) is 2.46. The van der Waals surface area contributed by atoms with Crippen molar-refractivity contribution in [1.29, 1.82) is 0 Å². The van der Waals surface area contributed by atoms with E-state index in [9.17, 15) is 13.2 Å². The van der Waals surface area contributed by atoms with Gasteiger partial charge in [-0.3, -0.25) is 4.79 Å². The van der Waals surface area contributed by atoms with Gasteiger partial charge in [-0.1, -0.05) is 26.0 Å². The Bertz CT molecular complexity index is 533. The molecule has 0 saturated carbocycles. The second-order valence-corrected chi connectivity index (χ2v) is 6.29. The van der Waals surface area contributed by atoms with Crippen LogP contribution in [0.2, 0.25) is 0 Å². The molecule has 1 rings (SSSR count). The summed E-state index contributed by atoms with van der Waals surface area (Å²) in [6.45, 7) is 3.63. The van der Waals surface area contributed by atoms with Crippen LogP contribution in [-0.2, 0) is 10.0 Å². The van der Waals surface area contributed by atoms with Gasteiger partial charge in [0, 0.05) is 18.0 Å². The van der Waals surface area contributed by atoms with Crippen LogP contribution in [0, 0.1) is 5.92 Å². The average molecular weight is 299 g/mol. The van der Waals surface area contributed by atoms with E-state index in [1.54, 1.807) is 0 Å². The molecule has 0 saturated heterocycles. The van der Waals surface area contributed by atoms with E-state index in [1.165, 1.54) is 24.3 Å². The molecule has 0 unspecified atom stereocenters. The van der Waals surface area contributed by atoms with E-state index in [1.807, 2.05) is 13.8 Å². The molecule has 0 radical (unpaired) electrons. The summed E-state index contributed by atoms with van der Waals surface area (Å²) in [5.74, 6) is 0.0206. The van der Waals surface area contributed by atoms with E-state index in [2.05, 4.69) is 4.72 Å². The number of carbonyl (C=O) groups is 1. The highest BCUT2D eigenvalue weighted by molar-refractivity contribution is 7.89. The van der Waals surface area contributed by atoms with E-state index < -0.39 is 10.0 Å². The highest BCUT2D eigenvalue weighted by atomic mass is 32.2. The molecule has 5 nitrogen and oxygen atoms in total. The van der Waals surface area contributed by atoms with Gasteiger partial charge in [0.05, 0.1) is 11.5 Å². The standard InChI is InChI=1S/C14H21NO4S/c1-3-11(4-2)14(17)12-5-7-13(8-6-12)20(18,19)15-9-10-16/h5-8,11,15-16H,3-4,9-10H2,1-2H3. The van der Waals surface area contributed by atoms with Gasteiger partial charge in [-0.15, -0.1) is 0 Å². The van der Waals surface area contributed by atoms with Gasteiger partial charge in [-0.2, -0.15) is 0 Å². The van der Waals surface area contributed by atoms with E-state index in [0.717, 1.165) is 12.8 Å². The lowest BCUT2D eigenvalue weighted by atomic mass is 9.93. The van der Waals surface area contributed by atoms with Gasteiger partial charge in [-0.25, -0.2) is 13.1 Å². The first-order valence-corrected chi connectivity index (χ1v) is 8.19. The molecule has 0 atom stereocenters. The highest BCUT2D eigenvalue weighted by Gasteiger charge is 2.18. The number of sulfonamides is 1. The topological polar surface area (TPSA) is 83.5 Å². The Morgan fingerprint density at radius 2 is 1.75 bits per heavy atom. The Morgan fingerprint density at radius 3 is 2.20 bits per heavy atom. The number of aliphatic hydroxyl groups excluding tert-OH is 1. The molecule has 2 N–H and O–H groups in total. The molecule has 0 amide bonds. The smallest absolute Gasteiger partial charge is 0.240 e. The maximum absolute atomic E-state index is 12.1. The van der Waals surface area contributed by atoms with Crippen LogP contribution in [0.1, 0.15) is 37.0 Å². The second-order valence-electron chi connectivity index (χ2n) is 4.52. The normalized spacial score (nSPS) is 11.8. The van der Waals surface area contributed by atoms with Crippen LogP contribution in [0.5, 0.6) is 0 Å². The predicted octanol–water partition coefficient (Wildman–Crippen LogP) is 1.58. The van der Waals surface area contributed by atoms with Crippen molar-refractivity contribution >= 4 is 15.8 Å². The fourth-order valence-corrected chi connectivity index (χ4v) is 2.98. The quantitative estimate of drug-likeness (QED) is 0.714. The van der Waals surface area contributed by atoms with Gasteiger partial charge in [0.2, 0.25) is 10.0 Å². The Balaban J connectivity index is 2.91. The summed E-state index contributed by atoms with van der Waals surface area (Å²) in [5, 5.41) is 8.64. The van der Waals surface area contributed by atoms with Gasteiger partial charge in [0.1, 0.15) is 0 Å². The Morgan fingerprint density at radius 1 is 1.20 bits per heavy atom. The fraction of sp³-hybridized carbons (Fsp3) is 0.500. The first-order valence-electron chi connectivity index (χ1n) is 6.71. The van der Waals surface area contributed by atoms with Gasteiger partial charge >= 0.3 is 0 Å². The number of Topliss-reactive ketones (excluding diaryl/α,β-unsaturated/α-hetero) is 1. The van der Waals surface area contributed by atoms with Crippen molar-refractivity contribution in [3.63, 3.8) is 0 Å². The molecule has 1 aromatic carbocycles. The number of benzene rings is 1. The lowest BCUT2D eigenvalue weighted by Gasteiger charge is -2.11. The SMILES string of the molecule is CCC(CC)C(=O)c1ccc(S(=O)(=O)NCCO)cc1. The third-order valence-electron chi connectivity index (χ3n) is 3.21. The highest BCUT2D eigenvalue weighted by Crippen LogP contribution is 2.17. The number of hydrogen-bond acceptors (Lipinski definition) is 4. The maximum Gasteiger partial charge on any atom is 0.240 e. The van der Waals surface area contributed by atoms with E-state index in [-0.39, 0.29) is 29.7 Å². The summed E-state index contributed by atoms with van der Waals surface area (Å²) in [4.78, 5) is 12.2. The minimum Gasteiger partial charge on any atom is -0.395 e. The van der Waals surface area contributed by atoms with Gasteiger partial charge in [-0.05, 0) is 25.0 Å². The molecule has 0 aromatic heterocycles. The molecule has 20 heavy (non-hydrogen) atoms. The van der Waals surface area contributed by atoms with Crippen molar-refractivity contribution in [2.24, 2.45) is 5.92 Å². The summed E-state index contributed by atoms with van der Waals surface area (Å²) in [6.07, 6.45) is 1.54. The number of hydrogen-bond donors (Lipinski definition) is 2. The van der Waals surface area contributed by atoms with E-state index >= 15 is 0 Å². The first kappa shape index (κ1) is 16.8. The van der Waals surface area contributed by atoms with Crippen molar-refractivity contribution in [2.45, 2.75) is 31.6 Å². The lowest BCUT2D eigenvalue weighted by Crippen LogP contribution is -2.26. The number of carbonyl (C=O) groups excluding carboxylic acids is 1. The van der Waals surface area contributed by atoms with E-state index in [4.69, 9.17) is 5.11 Å². The molecule has 0 aliphatic carbocycles. The lowest BCUT2D eigenvalue weighted by molar-refractivity contribution is 0.0913. The molecule has 6 heteroatoms. The molecule has 0 aliphatic heterocycles. The minimum absolute atomic E-state index is 0.0232. The Kier molecular flexibility index (Phi) is 6.32. The Labute approximate surface area is 120 Å². The third kappa shape index (κ3) is 4.13. The second kappa shape index (κ2) is 7.52. The summed E-state index contributed by atoms with van der Waals surface area (Å²) in [6, 6.07) is 5.90. The zero-order valence-electron chi connectivity index (χ0n) is 11.8. The van der Waals surface area contributed by atoms with Gasteiger partial charge in [0.15, 0.2) is 5.78 Å². The molecule has 0 fully saturated rings. The number of aliphatic hydroxyl groups is 1. The van der Waals surface area contributed by atoms with Crippen LogP contribution < -0.4 is 4.72 Å². The van der Waals surface area contributed by atoms with Crippen LogP contribution >= 0.6 is 0 Å². The maximum atomic E-state index is 12.1. The fourth-order valence-electron chi connectivity index (χ4n) is 1.96. The first-order chi connectivity index (χ1) is 9.46. The summed E-state index contributed by atoms with van der Waals surface area (Å²) in [5.41, 5.74) is 0.528. The van der Waals surface area contributed by atoms with Crippen LogP contribution in [0.3, 0.4) is 0 Å². The van der Waals surface area contributed by atoms with Crippen molar-refractivity contribution < 1.29 is 18.3 Å². The molecular formula is C14H21NO4S. The van der Waals surface area contributed by atoms with Crippen LogP contribution in [0.15, 0.2) is 29.2 Å². The Hall–Kier alpha value is -1.24.